The van der Waals surface area contributed by atoms with Crippen LogP contribution in [0.2, 0.25) is 0 Å². The molecule has 0 saturated heterocycles. The van der Waals surface area contributed by atoms with Crippen molar-refractivity contribution in [1.82, 2.24) is 0 Å². The predicted molar refractivity (Wildman–Crippen MR) is 68.4 cm³/mol. The minimum atomic E-state index is -0.731. The molecule has 0 aliphatic carbocycles. The van der Waals surface area contributed by atoms with Crippen molar-refractivity contribution in [3.63, 3.8) is 0 Å². The highest BCUT2D eigenvalue weighted by molar-refractivity contribution is 5.77. The number of ether oxygens (including phenoxy) is 1. The monoisotopic (exact) mass is 235 g/mol. The van der Waals surface area contributed by atoms with Crippen molar-refractivity contribution in [3.8, 4) is 0 Å². The van der Waals surface area contributed by atoms with Crippen molar-refractivity contribution in [3.05, 3.63) is 35.9 Å². The van der Waals surface area contributed by atoms with Crippen LogP contribution in [0.5, 0.6) is 0 Å². The van der Waals surface area contributed by atoms with Crippen LogP contribution in [0, 0.1) is 5.41 Å². The van der Waals surface area contributed by atoms with Gasteiger partial charge in [0.1, 0.15) is 0 Å². The first-order valence-electron chi connectivity index (χ1n) is 5.87. The molecule has 0 aliphatic heterocycles. The summed E-state index contributed by atoms with van der Waals surface area (Å²) in [5.74, 6) is -0.260. The van der Waals surface area contributed by atoms with E-state index in [0.717, 1.165) is 5.56 Å². The molecule has 0 amide bonds. The van der Waals surface area contributed by atoms with Crippen LogP contribution >= 0.6 is 0 Å². The second-order valence-electron chi connectivity index (χ2n) is 5.06. The second kappa shape index (κ2) is 5.32. The van der Waals surface area contributed by atoms with Gasteiger partial charge in [0.2, 0.25) is 0 Å². The van der Waals surface area contributed by atoms with Crippen LogP contribution in [0.15, 0.2) is 30.3 Å². The molecule has 1 atom stereocenters. The van der Waals surface area contributed by atoms with E-state index in [0.29, 0.717) is 0 Å². The summed E-state index contributed by atoms with van der Waals surface area (Å²) in [6, 6.07) is 9.24. The smallest absolute Gasteiger partial charge is 0.313 e. The number of benzene rings is 1. The maximum atomic E-state index is 12.0. The fourth-order valence-corrected chi connectivity index (χ4v) is 1.57. The summed E-state index contributed by atoms with van der Waals surface area (Å²) in [6.45, 7) is 7.30. The van der Waals surface area contributed by atoms with Gasteiger partial charge in [0.25, 0.3) is 0 Å². The molecule has 0 spiro atoms. The van der Waals surface area contributed by atoms with E-state index in [1.54, 1.807) is 0 Å². The van der Waals surface area contributed by atoms with Gasteiger partial charge in [0.05, 0.1) is 11.5 Å². The van der Waals surface area contributed by atoms with Gasteiger partial charge in [-0.1, -0.05) is 30.3 Å². The lowest BCUT2D eigenvalue weighted by Crippen LogP contribution is -2.38. The third-order valence-electron chi connectivity index (χ3n) is 2.81. The minimum Gasteiger partial charge on any atom is -0.463 e. The molecule has 0 heterocycles. The average molecular weight is 235 g/mol. The number of nitrogens with two attached hydrogens (primary N) is 1. The Hall–Kier alpha value is -1.35. The first-order valence-corrected chi connectivity index (χ1v) is 5.87. The Balaban J connectivity index is 2.86. The van der Waals surface area contributed by atoms with Gasteiger partial charge in [-0.15, -0.1) is 0 Å². The summed E-state index contributed by atoms with van der Waals surface area (Å²) < 4.78 is 5.24. The molecular weight excluding hydrogens is 214 g/mol. The predicted octanol–water partition coefficient (Wildman–Crippen LogP) is 2.66. The van der Waals surface area contributed by atoms with Gasteiger partial charge in [-0.05, 0) is 33.3 Å². The van der Waals surface area contributed by atoms with Gasteiger partial charge in [-0.3, -0.25) is 4.79 Å². The fraction of sp³-hybridized carbons (Fsp3) is 0.500. The third-order valence-corrected chi connectivity index (χ3v) is 2.81. The molecular formula is C14H21NO2. The van der Waals surface area contributed by atoms with Crippen molar-refractivity contribution in [2.24, 2.45) is 11.1 Å². The van der Waals surface area contributed by atoms with E-state index >= 15 is 0 Å². The lowest BCUT2D eigenvalue weighted by Gasteiger charge is -2.30. The van der Waals surface area contributed by atoms with Gasteiger partial charge >= 0.3 is 5.97 Å². The highest BCUT2D eigenvalue weighted by Crippen LogP contribution is 2.32. The minimum absolute atomic E-state index is 0.121. The molecule has 1 aromatic rings. The SMILES string of the molecule is CC(C)OC(=O)C(C)(C)C(N)c1ccccc1. The third kappa shape index (κ3) is 3.30. The largest absolute Gasteiger partial charge is 0.463 e. The first-order chi connectivity index (χ1) is 7.85. The van der Waals surface area contributed by atoms with Crippen LogP contribution in [0.25, 0.3) is 0 Å². The van der Waals surface area contributed by atoms with Gasteiger partial charge in [-0.25, -0.2) is 0 Å². The molecule has 1 aromatic carbocycles. The Morgan fingerprint density at radius 2 is 1.76 bits per heavy atom. The molecule has 0 aliphatic rings. The van der Waals surface area contributed by atoms with Gasteiger partial charge < -0.3 is 10.5 Å². The number of rotatable bonds is 4. The molecule has 1 rings (SSSR count). The van der Waals surface area contributed by atoms with E-state index in [4.69, 9.17) is 10.5 Å². The van der Waals surface area contributed by atoms with E-state index in [-0.39, 0.29) is 18.1 Å². The highest BCUT2D eigenvalue weighted by Gasteiger charge is 2.37. The van der Waals surface area contributed by atoms with Crippen LogP contribution < -0.4 is 5.73 Å². The topological polar surface area (TPSA) is 52.3 Å². The summed E-state index contributed by atoms with van der Waals surface area (Å²) in [6.07, 6.45) is -0.121. The van der Waals surface area contributed by atoms with E-state index in [9.17, 15) is 4.79 Å². The normalized spacial score (nSPS) is 13.5. The van der Waals surface area contributed by atoms with Crippen molar-refractivity contribution in [2.45, 2.75) is 39.8 Å². The molecule has 17 heavy (non-hydrogen) atoms. The van der Waals surface area contributed by atoms with Gasteiger partial charge in [-0.2, -0.15) is 0 Å². The van der Waals surface area contributed by atoms with Crippen LogP contribution in [0.1, 0.15) is 39.3 Å². The Morgan fingerprint density at radius 1 is 1.24 bits per heavy atom. The number of esters is 1. The lowest BCUT2D eigenvalue weighted by atomic mass is 9.81. The summed E-state index contributed by atoms with van der Waals surface area (Å²) in [7, 11) is 0. The van der Waals surface area contributed by atoms with E-state index in [1.165, 1.54) is 0 Å². The molecule has 3 nitrogen and oxygen atoms in total. The molecule has 2 N–H and O–H groups in total. The van der Waals surface area contributed by atoms with Crippen molar-refractivity contribution in [1.29, 1.82) is 0 Å². The van der Waals surface area contributed by atoms with Crippen molar-refractivity contribution >= 4 is 5.97 Å². The quantitative estimate of drug-likeness (QED) is 0.816. The molecule has 94 valence electrons. The van der Waals surface area contributed by atoms with Gasteiger partial charge in [0.15, 0.2) is 0 Å². The molecule has 0 saturated carbocycles. The molecule has 3 heteroatoms. The Bertz CT molecular complexity index is 371. The summed E-state index contributed by atoms with van der Waals surface area (Å²) >= 11 is 0. The number of carbonyl (C=O) groups excluding carboxylic acids is 1. The zero-order valence-corrected chi connectivity index (χ0v) is 10.9. The van der Waals surface area contributed by atoms with E-state index in [2.05, 4.69) is 0 Å². The van der Waals surface area contributed by atoms with Crippen LogP contribution in [0.3, 0.4) is 0 Å². The highest BCUT2D eigenvalue weighted by atomic mass is 16.5. The summed E-state index contributed by atoms with van der Waals surface area (Å²) in [5, 5.41) is 0. The molecule has 0 radical (unpaired) electrons. The zero-order valence-electron chi connectivity index (χ0n) is 10.9. The van der Waals surface area contributed by atoms with Gasteiger partial charge in [0, 0.05) is 6.04 Å². The molecule has 0 aromatic heterocycles. The van der Waals surface area contributed by atoms with Crippen molar-refractivity contribution in [2.75, 3.05) is 0 Å². The van der Waals surface area contributed by atoms with E-state index < -0.39 is 5.41 Å². The number of hydrogen-bond donors (Lipinski definition) is 1. The Kier molecular flexibility index (Phi) is 4.29. The summed E-state index contributed by atoms with van der Waals surface area (Å²) in [5.41, 5.74) is 6.36. The Morgan fingerprint density at radius 3 is 2.24 bits per heavy atom. The van der Waals surface area contributed by atoms with E-state index in [1.807, 2.05) is 58.0 Å². The zero-order chi connectivity index (χ0) is 13.1. The molecule has 0 bridgehead atoms. The second-order valence-corrected chi connectivity index (χ2v) is 5.06. The summed E-state index contributed by atoms with van der Waals surface area (Å²) in [4.78, 5) is 12.0. The standard InChI is InChI=1S/C14H21NO2/c1-10(2)17-13(16)14(3,4)12(15)11-8-6-5-7-9-11/h5-10,12H,15H2,1-4H3. The average Bonchev–Trinajstić information content (AvgIpc) is 2.28. The van der Waals surface area contributed by atoms with Crippen molar-refractivity contribution < 1.29 is 9.53 Å². The fourth-order valence-electron chi connectivity index (χ4n) is 1.57. The van der Waals surface area contributed by atoms with Crippen LogP contribution in [-0.2, 0) is 9.53 Å². The first kappa shape index (κ1) is 13.7. The number of carbonyl (C=O) groups is 1. The maximum Gasteiger partial charge on any atom is 0.313 e. The number of hydrogen-bond acceptors (Lipinski definition) is 3. The Labute approximate surface area is 103 Å². The van der Waals surface area contributed by atoms with Crippen LogP contribution in [-0.4, -0.2) is 12.1 Å². The lowest BCUT2D eigenvalue weighted by molar-refractivity contribution is -0.159. The maximum absolute atomic E-state index is 12.0. The molecule has 1 unspecified atom stereocenters. The molecule has 0 fully saturated rings. The van der Waals surface area contributed by atoms with Crippen LogP contribution in [0.4, 0.5) is 0 Å².